The van der Waals surface area contributed by atoms with E-state index < -0.39 is 16.0 Å². The molecule has 0 saturated heterocycles. The average Bonchev–Trinajstić information content (AvgIpc) is 2.60. The lowest BCUT2D eigenvalue weighted by Crippen LogP contribution is -2.23. The van der Waals surface area contributed by atoms with E-state index in [1.54, 1.807) is 31.2 Å². The number of benzene rings is 2. The van der Waals surface area contributed by atoms with Crippen molar-refractivity contribution in [3.05, 3.63) is 59.1 Å². The second-order valence-electron chi connectivity index (χ2n) is 5.02. The first-order valence-electron chi connectivity index (χ1n) is 7.53. The highest BCUT2D eigenvalue weighted by Crippen LogP contribution is 2.16. The number of carbonyl (C=O) groups is 1. The predicted molar refractivity (Wildman–Crippen MR) is 94.0 cm³/mol. The lowest BCUT2D eigenvalue weighted by Gasteiger charge is -2.09. The molecule has 0 bridgehead atoms. The highest BCUT2D eigenvalue weighted by Gasteiger charge is 2.14. The molecule has 0 aliphatic carbocycles. The van der Waals surface area contributed by atoms with Gasteiger partial charge in [0, 0.05) is 11.6 Å². The molecule has 2 rings (SSSR count). The highest BCUT2D eigenvalue weighted by molar-refractivity contribution is 7.89. The van der Waals surface area contributed by atoms with Gasteiger partial charge in [0.15, 0.2) is 6.61 Å². The minimum absolute atomic E-state index is 0.102. The molecule has 0 spiro atoms. The topological polar surface area (TPSA) is 81.7 Å². The number of halogens is 1. The summed E-state index contributed by atoms with van der Waals surface area (Å²) in [6, 6.07) is 12.7. The maximum absolute atomic E-state index is 12.3. The van der Waals surface area contributed by atoms with Crippen molar-refractivity contribution in [1.29, 1.82) is 0 Å². The van der Waals surface area contributed by atoms with Gasteiger partial charge in [0.25, 0.3) is 0 Å². The first-order valence-corrected chi connectivity index (χ1v) is 9.39. The number of sulfonamides is 1. The maximum atomic E-state index is 12.3. The molecule has 0 fully saturated rings. The summed E-state index contributed by atoms with van der Waals surface area (Å²) in [5.41, 5.74) is 0.794. The SMILES string of the molecule is CCOC(=O)COc1ccc(S(=O)(=O)NCc2ccc(Cl)cc2)cc1. The van der Waals surface area contributed by atoms with Gasteiger partial charge in [-0.25, -0.2) is 17.9 Å². The van der Waals surface area contributed by atoms with Crippen LogP contribution in [0.2, 0.25) is 5.02 Å². The van der Waals surface area contributed by atoms with Crippen molar-refractivity contribution in [2.24, 2.45) is 0 Å². The van der Waals surface area contributed by atoms with Crippen LogP contribution < -0.4 is 9.46 Å². The van der Waals surface area contributed by atoms with Gasteiger partial charge in [-0.05, 0) is 48.9 Å². The molecular formula is C17H18ClNO5S. The van der Waals surface area contributed by atoms with E-state index in [9.17, 15) is 13.2 Å². The predicted octanol–water partition coefficient (Wildman–Crippen LogP) is 2.76. The summed E-state index contributed by atoms with van der Waals surface area (Å²) in [4.78, 5) is 11.3. The van der Waals surface area contributed by atoms with Crippen LogP contribution in [0.1, 0.15) is 12.5 Å². The molecule has 0 aliphatic rings. The molecule has 0 aliphatic heterocycles. The minimum Gasteiger partial charge on any atom is -0.482 e. The maximum Gasteiger partial charge on any atom is 0.344 e. The molecular weight excluding hydrogens is 366 g/mol. The summed E-state index contributed by atoms with van der Waals surface area (Å²) in [6.45, 7) is 1.91. The zero-order valence-corrected chi connectivity index (χ0v) is 15.1. The molecule has 134 valence electrons. The molecule has 1 N–H and O–H groups in total. The summed E-state index contributed by atoms with van der Waals surface area (Å²) < 4.78 is 37.0. The van der Waals surface area contributed by atoms with Crippen LogP contribution in [0.25, 0.3) is 0 Å². The third kappa shape index (κ3) is 6.04. The first-order chi connectivity index (χ1) is 11.9. The summed E-state index contributed by atoms with van der Waals surface area (Å²) in [5.74, 6) is -0.103. The Hall–Kier alpha value is -2.09. The van der Waals surface area contributed by atoms with Crippen LogP contribution in [0.4, 0.5) is 0 Å². The van der Waals surface area contributed by atoms with Gasteiger partial charge in [0.2, 0.25) is 10.0 Å². The van der Waals surface area contributed by atoms with E-state index in [0.717, 1.165) is 5.56 Å². The van der Waals surface area contributed by atoms with Crippen LogP contribution in [0.5, 0.6) is 5.75 Å². The Kier molecular flexibility index (Phi) is 6.81. The van der Waals surface area contributed by atoms with Gasteiger partial charge < -0.3 is 9.47 Å². The van der Waals surface area contributed by atoms with E-state index in [1.807, 2.05) is 0 Å². The van der Waals surface area contributed by atoms with Crippen molar-refractivity contribution in [1.82, 2.24) is 4.72 Å². The van der Waals surface area contributed by atoms with E-state index in [0.29, 0.717) is 10.8 Å². The number of carbonyl (C=O) groups excluding carboxylic acids is 1. The third-order valence-corrected chi connectivity index (χ3v) is 4.84. The molecule has 0 heterocycles. The van der Waals surface area contributed by atoms with E-state index in [1.165, 1.54) is 24.3 Å². The molecule has 0 aromatic heterocycles. The lowest BCUT2D eigenvalue weighted by molar-refractivity contribution is -0.145. The quantitative estimate of drug-likeness (QED) is 0.709. The van der Waals surface area contributed by atoms with Gasteiger partial charge in [0.05, 0.1) is 11.5 Å². The Balaban J connectivity index is 1.95. The number of rotatable bonds is 8. The average molecular weight is 384 g/mol. The van der Waals surface area contributed by atoms with Crippen LogP contribution in [0.15, 0.2) is 53.4 Å². The Labute approximate surface area is 151 Å². The molecule has 2 aromatic carbocycles. The standard InChI is InChI=1S/C17H18ClNO5S/c1-2-23-17(20)12-24-15-7-9-16(10-8-15)25(21,22)19-11-13-3-5-14(18)6-4-13/h3-10,19H,2,11-12H2,1H3. The van der Waals surface area contributed by atoms with Crippen molar-refractivity contribution < 1.29 is 22.7 Å². The van der Waals surface area contributed by atoms with Crippen molar-refractivity contribution in [3.63, 3.8) is 0 Å². The summed E-state index contributed by atoms with van der Waals surface area (Å²) in [5, 5.41) is 0.588. The lowest BCUT2D eigenvalue weighted by atomic mass is 10.2. The summed E-state index contributed by atoms with van der Waals surface area (Å²) in [6.07, 6.45) is 0. The van der Waals surface area contributed by atoms with Gasteiger partial charge >= 0.3 is 5.97 Å². The molecule has 0 saturated carbocycles. The van der Waals surface area contributed by atoms with E-state index in [-0.39, 0.29) is 24.7 Å². The second kappa shape index (κ2) is 8.84. The zero-order valence-electron chi connectivity index (χ0n) is 13.6. The first kappa shape index (κ1) is 19.2. The van der Waals surface area contributed by atoms with Gasteiger partial charge in [-0.2, -0.15) is 0 Å². The Bertz CT molecular complexity index is 804. The van der Waals surface area contributed by atoms with Crippen LogP contribution in [0.3, 0.4) is 0 Å². The molecule has 0 atom stereocenters. The van der Waals surface area contributed by atoms with Crippen molar-refractivity contribution in [2.75, 3.05) is 13.2 Å². The number of ether oxygens (including phenoxy) is 2. The molecule has 6 nitrogen and oxygen atoms in total. The smallest absolute Gasteiger partial charge is 0.344 e. The van der Waals surface area contributed by atoms with Crippen LogP contribution >= 0.6 is 11.6 Å². The monoisotopic (exact) mass is 383 g/mol. The Morgan fingerprint density at radius 3 is 2.32 bits per heavy atom. The highest BCUT2D eigenvalue weighted by atomic mass is 35.5. The van der Waals surface area contributed by atoms with Crippen LogP contribution in [-0.4, -0.2) is 27.6 Å². The van der Waals surface area contributed by atoms with Crippen molar-refractivity contribution in [3.8, 4) is 5.75 Å². The molecule has 25 heavy (non-hydrogen) atoms. The molecule has 2 aromatic rings. The molecule has 0 amide bonds. The molecule has 0 unspecified atom stereocenters. The second-order valence-corrected chi connectivity index (χ2v) is 7.22. The largest absolute Gasteiger partial charge is 0.482 e. The summed E-state index contributed by atoms with van der Waals surface area (Å²) in [7, 11) is -3.66. The number of nitrogens with one attached hydrogen (secondary N) is 1. The van der Waals surface area contributed by atoms with Crippen molar-refractivity contribution >= 4 is 27.6 Å². The minimum atomic E-state index is -3.66. The van der Waals surface area contributed by atoms with Gasteiger partial charge in [-0.15, -0.1) is 0 Å². The number of hydrogen-bond donors (Lipinski definition) is 1. The van der Waals surface area contributed by atoms with E-state index >= 15 is 0 Å². The number of esters is 1. The summed E-state index contributed by atoms with van der Waals surface area (Å²) >= 11 is 5.80. The van der Waals surface area contributed by atoms with Gasteiger partial charge in [0.1, 0.15) is 5.75 Å². The normalized spacial score (nSPS) is 11.1. The van der Waals surface area contributed by atoms with Crippen LogP contribution in [0, 0.1) is 0 Å². The fourth-order valence-corrected chi connectivity index (χ4v) is 3.07. The van der Waals surface area contributed by atoms with Gasteiger partial charge in [-0.3, -0.25) is 0 Å². The fourth-order valence-electron chi connectivity index (χ4n) is 1.92. The van der Waals surface area contributed by atoms with E-state index in [2.05, 4.69) is 4.72 Å². The zero-order chi connectivity index (χ0) is 18.3. The fraction of sp³-hybridized carbons (Fsp3) is 0.235. The Morgan fingerprint density at radius 1 is 1.08 bits per heavy atom. The van der Waals surface area contributed by atoms with Crippen molar-refractivity contribution in [2.45, 2.75) is 18.4 Å². The number of hydrogen-bond acceptors (Lipinski definition) is 5. The van der Waals surface area contributed by atoms with Gasteiger partial charge in [-0.1, -0.05) is 23.7 Å². The Morgan fingerprint density at radius 2 is 1.72 bits per heavy atom. The third-order valence-electron chi connectivity index (χ3n) is 3.18. The van der Waals surface area contributed by atoms with Crippen LogP contribution in [-0.2, 0) is 26.1 Å². The molecule has 8 heteroatoms. The molecule has 0 radical (unpaired) electrons. The van der Waals surface area contributed by atoms with E-state index in [4.69, 9.17) is 21.1 Å².